The van der Waals surface area contributed by atoms with Crippen molar-refractivity contribution < 1.29 is 14.4 Å². The molecule has 2 saturated heterocycles. The molecule has 7 aromatic carbocycles. The standard InChI is InChI=1S/C49H32Br2ClN3O3/c50-36-21-26-39(27-22-36)53-43(47(44(53)56,32-13-5-1-6-14-32)33-15-7-2-8-16-33)54-42-30-25-38(52)31-41(42)49(46(54)58)48(34-17-9-3-10-18-34,35-19-11-4-12-20-35)45(57)55(49)40-28-23-37(51)24-29-40/h1-31,43H/t43-,49+/m0/s1. The van der Waals surface area contributed by atoms with Crippen molar-refractivity contribution in [2.45, 2.75) is 22.5 Å². The average molecular weight is 906 g/mol. The van der Waals surface area contributed by atoms with Crippen LogP contribution in [0.2, 0.25) is 5.02 Å². The first-order chi connectivity index (χ1) is 28.3. The quantitative estimate of drug-likeness (QED) is 0.150. The van der Waals surface area contributed by atoms with Gasteiger partial charge >= 0.3 is 0 Å². The summed E-state index contributed by atoms with van der Waals surface area (Å²) in [4.78, 5) is 53.2. The molecule has 3 aliphatic heterocycles. The van der Waals surface area contributed by atoms with Gasteiger partial charge in [0, 0.05) is 30.9 Å². The fourth-order valence-electron chi connectivity index (χ4n) is 9.75. The molecule has 7 aromatic rings. The molecule has 6 nitrogen and oxygen atoms in total. The summed E-state index contributed by atoms with van der Waals surface area (Å²) >= 11 is 14.1. The van der Waals surface area contributed by atoms with Crippen LogP contribution in [-0.2, 0) is 30.8 Å². The van der Waals surface area contributed by atoms with Gasteiger partial charge in [-0.3, -0.25) is 29.1 Å². The van der Waals surface area contributed by atoms with Crippen molar-refractivity contribution in [2.75, 3.05) is 14.7 Å². The van der Waals surface area contributed by atoms with Gasteiger partial charge < -0.3 is 0 Å². The Bertz CT molecular complexity index is 2660. The van der Waals surface area contributed by atoms with Crippen LogP contribution in [0.5, 0.6) is 0 Å². The zero-order valence-corrected chi connectivity index (χ0v) is 34.6. The Kier molecular flexibility index (Phi) is 8.60. The van der Waals surface area contributed by atoms with Crippen molar-refractivity contribution in [3.05, 3.63) is 230 Å². The van der Waals surface area contributed by atoms with Crippen molar-refractivity contribution in [1.82, 2.24) is 0 Å². The van der Waals surface area contributed by atoms with Crippen molar-refractivity contribution in [2.24, 2.45) is 0 Å². The number of rotatable bonds is 7. The van der Waals surface area contributed by atoms with Gasteiger partial charge in [0.25, 0.3) is 5.91 Å². The molecular weight excluding hydrogens is 874 g/mol. The number of fused-ring (bicyclic) bond motifs is 2. The van der Waals surface area contributed by atoms with Crippen LogP contribution in [0.3, 0.4) is 0 Å². The van der Waals surface area contributed by atoms with Crippen LogP contribution in [0.25, 0.3) is 0 Å². The Morgan fingerprint density at radius 1 is 0.466 bits per heavy atom. The van der Waals surface area contributed by atoms with Gasteiger partial charge in [-0.2, -0.15) is 0 Å². The van der Waals surface area contributed by atoms with Crippen molar-refractivity contribution in [1.29, 1.82) is 0 Å². The highest BCUT2D eigenvalue weighted by molar-refractivity contribution is 9.10. The molecule has 58 heavy (non-hydrogen) atoms. The first-order valence-corrected chi connectivity index (χ1v) is 20.8. The number of halogens is 3. The minimum atomic E-state index is -1.70. The molecule has 3 heterocycles. The molecule has 3 aliphatic rings. The lowest BCUT2D eigenvalue weighted by atomic mass is 9.51. The molecule has 2 atom stereocenters. The van der Waals surface area contributed by atoms with Crippen LogP contribution in [0.4, 0.5) is 17.1 Å². The van der Waals surface area contributed by atoms with E-state index >= 15 is 14.4 Å². The number of hydrogen-bond acceptors (Lipinski definition) is 3. The van der Waals surface area contributed by atoms with Crippen LogP contribution in [-0.4, -0.2) is 23.9 Å². The Labute approximate surface area is 357 Å². The zero-order chi connectivity index (χ0) is 39.8. The van der Waals surface area contributed by atoms with Crippen molar-refractivity contribution in [3.63, 3.8) is 0 Å². The van der Waals surface area contributed by atoms with Crippen LogP contribution < -0.4 is 14.7 Å². The summed E-state index contributed by atoms with van der Waals surface area (Å²) in [6.07, 6.45) is -0.926. The first kappa shape index (κ1) is 36.5. The predicted octanol–water partition coefficient (Wildman–Crippen LogP) is 10.8. The number of amides is 3. The third-order valence-electron chi connectivity index (χ3n) is 12.0. The summed E-state index contributed by atoms with van der Waals surface area (Å²) in [5.74, 6) is -0.815. The van der Waals surface area contributed by atoms with Gasteiger partial charge in [-0.05, 0) is 89.0 Å². The maximum Gasteiger partial charge on any atom is 0.261 e. The topological polar surface area (TPSA) is 60.9 Å². The maximum atomic E-state index is 16.9. The maximum absolute atomic E-state index is 16.9. The van der Waals surface area contributed by atoms with Crippen LogP contribution in [0.15, 0.2) is 197 Å². The second-order valence-corrected chi connectivity index (χ2v) is 17.0. The SMILES string of the molecule is O=C1N(c2ccc(Br)cc2)[C@@H](N2C(=O)[C@@]3(c4cc(Cl)ccc42)N(c2ccc(Br)cc2)C(=O)C3(c2ccccc2)c2ccccc2)C1(c1ccccc1)c1ccccc1. The fraction of sp³-hybridized carbons (Fsp3) is 0.0816. The molecule has 0 saturated carbocycles. The molecule has 0 bridgehead atoms. The Balaban J connectivity index is 1.33. The van der Waals surface area contributed by atoms with E-state index in [4.69, 9.17) is 11.6 Å². The summed E-state index contributed by atoms with van der Waals surface area (Å²) in [5, 5.41) is 0.407. The van der Waals surface area contributed by atoms with E-state index in [2.05, 4.69) is 31.9 Å². The molecule has 0 unspecified atom stereocenters. The highest BCUT2D eigenvalue weighted by atomic mass is 79.9. The number of anilines is 3. The molecule has 10 rings (SSSR count). The van der Waals surface area contributed by atoms with Crippen LogP contribution in [0, 0.1) is 0 Å². The highest BCUT2D eigenvalue weighted by Crippen LogP contribution is 2.68. The summed E-state index contributed by atoms with van der Waals surface area (Å²) in [6.45, 7) is 0. The molecule has 0 N–H and O–H groups in total. The number of nitrogens with zero attached hydrogens (tertiary/aromatic N) is 3. The Morgan fingerprint density at radius 2 is 0.914 bits per heavy atom. The number of benzene rings is 7. The largest absolute Gasteiger partial charge is 0.290 e. The van der Waals surface area contributed by atoms with Gasteiger partial charge in [-0.15, -0.1) is 0 Å². The molecular formula is C49H32Br2ClN3O3. The average Bonchev–Trinajstić information content (AvgIpc) is 3.51. The molecule has 282 valence electrons. The summed E-state index contributed by atoms with van der Waals surface area (Å²) in [5.41, 5.74) is 0.464. The number of β-lactam (4-membered cyclic amide) rings is 2. The van der Waals surface area contributed by atoms with Gasteiger partial charge in [0.2, 0.25) is 11.8 Å². The smallest absolute Gasteiger partial charge is 0.261 e. The summed E-state index contributed by atoms with van der Waals surface area (Å²) in [7, 11) is 0. The lowest BCUT2D eigenvalue weighted by molar-refractivity contribution is -0.147. The third kappa shape index (κ3) is 4.73. The fourth-order valence-corrected chi connectivity index (χ4v) is 10.4. The Morgan fingerprint density at radius 3 is 1.40 bits per heavy atom. The molecule has 1 spiro atoms. The van der Waals surface area contributed by atoms with Crippen LogP contribution in [0.1, 0.15) is 27.8 Å². The first-order valence-electron chi connectivity index (χ1n) is 18.8. The van der Waals surface area contributed by atoms with E-state index in [0.29, 0.717) is 38.8 Å². The molecule has 0 radical (unpaired) electrons. The summed E-state index contributed by atoms with van der Waals surface area (Å²) < 4.78 is 1.68. The van der Waals surface area contributed by atoms with Gasteiger partial charge in [0.05, 0.1) is 5.69 Å². The number of carbonyl (C=O) groups is 3. The van der Waals surface area contributed by atoms with Crippen LogP contribution >= 0.6 is 43.5 Å². The van der Waals surface area contributed by atoms with E-state index in [1.165, 1.54) is 0 Å². The minimum absolute atomic E-state index is 0.187. The second-order valence-electron chi connectivity index (χ2n) is 14.7. The normalized spacial score (nSPS) is 20.2. The predicted molar refractivity (Wildman–Crippen MR) is 235 cm³/mol. The van der Waals surface area contributed by atoms with E-state index in [-0.39, 0.29) is 17.7 Å². The monoisotopic (exact) mass is 903 g/mol. The third-order valence-corrected chi connectivity index (χ3v) is 13.3. The van der Waals surface area contributed by atoms with Gasteiger partial charge in [0.1, 0.15) is 17.0 Å². The van der Waals surface area contributed by atoms with E-state index in [9.17, 15) is 0 Å². The molecule has 0 aliphatic carbocycles. The van der Waals surface area contributed by atoms with Gasteiger partial charge in [-0.25, -0.2) is 0 Å². The van der Waals surface area contributed by atoms with Gasteiger partial charge in [-0.1, -0.05) is 165 Å². The lowest BCUT2D eigenvalue weighted by Crippen LogP contribution is -2.84. The number of carbonyl (C=O) groups excluding carboxylic acids is 3. The minimum Gasteiger partial charge on any atom is -0.290 e. The summed E-state index contributed by atoms with van der Waals surface area (Å²) in [6, 6.07) is 58.9. The van der Waals surface area contributed by atoms with Crippen molar-refractivity contribution >= 4 is 78.2 Å². The molecule has 2 fully saturated rings. The highest BCUT2D eigenvalue weighted by Gasteiger charge is 2.82. The van der Waals surface area contributed by atoms with E-state index in [0.717, 1.165) is 20.1 Å². The zero-order valence-electron chi connectivity index (χ0n) is 30.7. The Hall–Kier alpha value is -5.80. The van der Waals surface area contributed by atoms with Gasteiger partial charge in [0.15, 0.2) is 5.54 Å². The van der Waals surface area contributed by atoms with E-state index < -0.39 is 22.5 Å². The van der Waals surface area contributed by atoms with E-state index in [1.54, 1.807) is 20.8 Å². The molecule has 9 heteroatoms. The molecule has 3 amide bonds. The molecule has 0 aromatic heterocycles. The number of hydrogen-bond donors (Lipinski definition) is 0. The second kappa shape index (κ2) is 13.7. The van der Waals surface area contributed by atoms with Crippen molar-refractivity contribution in [3.8, 4) is 0 Å². The lowest BCUT2D eigenvalue weighted by Gasteiger charge is -2.63. The van der Waals surface area contributed by atoms with E-state index in [1.807, 2.05) is 182 Å².